The first-order valence-corrected chi connectivity index (χ1v) is 6.74. The maximum absolute atomic E-state index is 12.0. The van der Waals surface area contributed by atoms with E-state index in [1.165, 1.54) is 43.8 Å². The van der Waals surface area contributed by atoms with Crippen LogP contribution in [-0.4, -0.2) is 25.5 Å². The number of nitrogens with one attached hydrogen (secondary N) is 1. The SMILES string of the molecule is COc1cnc(NS(=O)(=O)c2ccc(N)cc2)cn1. The van der Waals surface area contributed by atoms with Gasteiger partial charge in [-0.3, -0.25) is 4.72 Å². The van der Waals surface area contributed by atoms with Crippen LogP contribution >= 0.6 is 0 Å². The predicted octanol–water partition coefficient (Wildman–Crippen LogP) is 0.868. The zero-order valence-electron chi connectivity index (χ0n) is 10.1. The molecular weight excluding hydrogens is 268 g/mol. The van der Waals surface area contributed by atoms with Crippen LogP contribution in [0.4, 0.5) is 11.5 Å². The Morgan fingerprint density at radius 3 is 2.37 bits per heavy atom. The van der Waals surface area contributed by atoms with Gasteiger partial charge >= 0.3 is 0 Å². The number of hydrogen-bond acceptors (Lipinski definition) is 6. The fourth-order valence-electron chi connectivity index (χ4n) is 1.32. The third kappa shape index (κ3) is 3.10. The van der Waals surface area contributed by atoms with Crippen molar-refractivity contribution in [1.82, 2.24) is 9.97 Å². The highest BCUT2D eigenvalue weighted by Gasteiger charge is 2.14. The van der Waals surface area contributed by atoms with E-state index in [0.717, 1.165) is 0 Å². The Morgan fingerprint density at radius 1 is 1.16 bits per heavy atom. The second-order valence-corrected chi connectivity index (χ2v) is 5.30. The molecule has 0 aliphatic rings. The Hall–Kier alpha value is -2.35. The maximum atomic E-state index is 12.0. The van der Waals surface area contributed by atoms with Crippen LogP contribution in [0, 0.1) is 0 Å². The zero-order valence-corrected chi connectivity index (χ0v) is 10.9. The molecule has 0 bridgehead atoms. The van der Waals surface area contributed by atoms with E-state index in [0.29, 0.717) is 11.6 Å². The number of nitrogen functional groups attached to an aromatic ring is 1. The quantitative estimate of drug-likeness (QED) is 0.805. The number of hydrogen-bond donors (Lipinski definition) is 2. The molecule has 0 saturated carbocycles. The fraction of sp³-hybridized carbons (Fsp3) is 0.0909. The fourth-order valence-corrected chi connectivity index (χ4v) is 2.31. The van der Waals surface area contributed by atoms with Crippen LogP contribution in [0.1, 0.15) is 0 Å². The van der Waals surface area contributed by atoms with Crippen molar-refractivity contribution >= 4 is 21.5 Å². The smallest absolute Gasteiger partial charge is 0.263 e. The van der Waals surface area contributed by atoms with Gasteiger partial charge in [0.2, 0.25) is 5.88 Å². The summed E-state index contributed by atoms with van der Waals surface area (Å²) in [6.45, 7) is 0. The topological polar surface area (TPSA) is 107 Å². The molecule has 0 radical (unpaired) electrons. The number of rotatable bonds is 4. The number of anilines is 2. The summed E-state index contributed by atoms with van der Waals surface area (Å²) in [5, 5.41) is 0. The number of ether oxygens (including phenoxy) is 1. The molecule has 3 N–H and O–H groups in total. The van der Waals surface area contributed by atoms with Crippen LogP contribution in [0.25, 0.3) is 0 Å². The number of methoxy groups -OCH3 is 1. The van der Waals surface area contributed by atoms with Gasteiger partial charge in [-0.05, 0) is 24.3 Å². The minimum Gasteiger partial charge on any atom is -0.480 e. The van der Waals surface area contributed by atoms with Crippen molar-refractivity contribution in [3.05, 3.63) is 36.7 Å². The highest BCUT2D eigenvalue weighted by Crippen LogP contribution is 2.16. The van der Waals surface area contributed by atoms with Gasteiger partial charge in [0.15, 0.2) is 5.82 Å². The second-order valence-electron chi connectivity index (χ2n) is 3.62. The van der Waals surface area contributed by atoms with Gasteiger partial charge < -0.3 is 10.5 Å². The highest BCUT2D eigenvalue weighted by molar-refractivity contribution is 7.92. The van der Waals surface area contributed by atoms with Crippen LogP contribution in [0.15, 0.2) is 41.6 Å². The number of sulfonamides is 1. The van der Waals surface area contributed by atoms with E-state index < -0.39 is 10.0 Å². The molecule has 0 saturated heterocycles. The minimum absolute atomic E-state index is 0.0966. The standard InChI is InChI=1S/C11H12N4O3S/c1-18-11-7-13-10(6-14-11)15-19(16,17)9-4-2-8(12)3-5-9/h2-7H,12H2,1H3,(H,13,15). The normalized spacial score (nSPS) is 11.0. The van der Waals surface area contributed by atoms with Gasteiger partial charge in [0.1, 0.15) is 0 Å². The van der Waals surface area contributed by atoms with Crippen molar-refractivity contribution in [2.45, 2.75) is 4.90 Å². The first-order chi connectivity index (χ1) is 9.01. The summed E-state index contributed by atoms with van der Waals surface area (Å²) in [6, 6.07) is 5.84. The lowest BCUT2D eigenvalue weighted by Crippen LogP contribution is -2.14. The van der Waals surface area contributed by atoms with Gasteiger partial charge in [0, 0.05) is 5.69 Å². The molecule has 1 aromatic heterocycles. The van der Waals surface area contributed by atoms with E-state index in [9.17, 15) is 8.42 Å². The van der Waals surface area contributed by atoms with Gasteiger partial charge in [-0.1, -0.05) is 0 Å². The average molecular weight is 280 g/mol. The van der Waals surface area contributed by atoms with Crippen molar-refractivity contribution < 1.29 is 13.2 Å². The molecule has 0 spiro atoms. The lowest BCUT2D eigenvalue weighted by Gasteiger charge is -2.07. The van der Waals surface area contributed by atoms with E-state index in [4.69, 9.17) is 10.5 Å². The molecule has 0 aliphatic heterocycles. The van der Waals surface area contributed by atoms with Crippen LogP contribution in [-0.2, 0) is 10.0 Å². The number of aromatic nitrogens is 2. The molecule has 0 aliphatic carbocycles. The molecule has 0 atom stereocenters. The van der Waals surface area contributed by atoms with Crippen LogP contribution < -0.4 is 15.2 Å². The first kappa shape index (κ1) is 13.1. The van der Waals surface area contributed by atoms with Crippen molar-refractivity contribution in [2.75, 3.05) is 17.6 Å². The van der Waals surface area contributed by atoms with E-state index in [1.807, 2.05) is 0 Å². The highest BCUT2D eigenvalue weighted by atomic mass is 32.2. The van der Waals surface area contributed by atoms with Crippen molar-refractivity contribution in [3.63, 3.8) is 0 Å². The molecule has 19 heavy (non-hydrogen) atoms. The molecule has 1 heterocycles. The molecule has 1 aromatic carbocycles. The molecule has 100 valence electrons. The number of nitrogens with zero attached hydrogens (tertiary/aromatic N) is 2. The van der Waals surface area contributed by atoms with Gasteiger partial charge in [-0.2, -0.15) is 0 Å². The zero-order chi connectivity index (χ0) is 13.9. The van der Waals surface area contributed by atoms with E-state index in [2.05, 4.69) is 14.7 Å². The van der Waals surface area contributed by atoms with Gasteiger partial charge in [0.25, 0.3) is 10.0 Å². The largest absolute Gasteiger partial charge is 0.480 e. The van der Waals surface area contributed by atoms with Crippen molar-refractivity contribution in [3.8, 4) is 5.88 Å². The van der Waals surface area contributed by atoms with Crippen molar-refractivity contribution in [2.24, 2.45) is 0 Å². The summed E-state index contributed by atoms with van der Waals surface area (Å²) in [5.41, 5.74) is 5.99. The Balaban J connectivity index is 2.23. The maximum Gasteiger partial charge on any atom is 0.263 e. The van der Waals surface area contributed by atoms with Crippen LogP contribution in [0.5, 0.6) is 5.88 Å². The van der Waals surface area contributed by atoms with Gasteiger partial charge in [-0.25, -0.2) is 18.4 Å². The average Bonchev–Trinajstić information content (AvgIpc) is 2.40. The first-order valence-electron chi connectivity index (χ1n) is 5.25. The molecule has 2 aromatic rings. The monoisotopic (exact) mass is 280 g/mol. The second kappa shape index (κ2) is 5.11. The Morgan fingerprint density at radius 2 is 1.84 bits per heavy atom. The Kier molecular flexibility index (Phi) is 3.52. The Labute approximate surface area is 110 Å². The van der Waals surface area contributed by atoms with Crippen molar-refractivity contribution in [1.29, 1.82) is 0 Å². The van der Waals surface area contributed by atoms with Crippen LogP contribution in [0.2, 0.25) is 0 Å². The molecule has 8 heteroatoms. The van der Waals surface area contributed by atoms with E-state index in [1.54, 1.807) is 0 Å². The van der Waals surface area contributed by atoms with E-state index >= 15 is 0 Å². The number of nitrogens with two attached hydrogens (primary N) is 1. The summed E-state index contributed by atoms with van der Waals surface area (Å²) in [4.78, 5) is 7.83. The summed E-state index contributed by atoms with van der Waals surface area (Å²) in [7, 11) is -2.25. The molecule has 0 unspecified atom stereocenters. The molecule has 2 rings (SSSR count). The lowest BCUT2D eigenvalue weighted by atomic mass is 10.3. The molecule has 7 nitrogen and oxygen atoms in total. The minimum atomic E-state index is -3.70. The summed E-state index contributed by atoms with van der Waals surface area (Å²) < 4.78 is 31.2. The lowest BCUT2D eigenvalue weighted by molar-refractivity contribution is 0.396. The molecule has 0 amide bonds. The third-order valence-electron chi connectivity index (χ3n) is 2.27. The summed E-state index contributed by atoms with van der Waals surface area (Å²) in [5.74, 6) is 0.410. The Bertz CT molecular complexity index is 653. The molecule has 0 fully saturated rings. The van der Waals surface area contributed by atoms with Gasteiger partial charge in [0.05, 0.1) is 24.4 Å². The van der Waals surface area contributed by atoms with E-state index in [-0.39, 0.29) is 10.7 Å². The van der Waals surface area contributed by atoms with Gasteiger partial charge in [-0.15, -0.1) is 0 Å². The summed E-state index contributed by atoms with van der Waals surface area (Å²) in [6.07, 6.45) is 2.59. The van der Waals surface area contributed by atoms with Crippen LogP contribution in [0.3, 0.4) is 0 Å². The molecular formula is C11H12N4O3S. The predicted molar refractivity (Wildman–Crippen MR) is 70.2 cm³/mol. The summed E-state index contributed by atoms with van der Waals surface area (Å²) >= 11 is 0. The third-order valence-corrected chi connectivity index (χ3v) is 3.64. The number of benzene rings is 1.